The number of anilines is 1. The summed E-state index contributed by atoms with van der Waals surface area (Å²) in [6, 6.07) is 13.3. The molecule has 3 heterocycles. The normalized spacial score (nSPS) is 19.9. The predicted molar refractivity (Wildman–Crippen MR) is 187 cm³/mol. The monoisotopic (exact) mass is 675 g/mol. The highest BCUT2D eigenvalue weighted by Gasteiger charge is 2.44. The van der Waals surface area contributed by atoms with Crippen LogP contribution in [-0.4, -0.2) is 66.9 Å². The minimum atomic E-state index is -3.98. The maximum absolute atomic E-state index is 13.7. The van der Waals surface area contributed by atoms with Gasteiger partial charge in [-0.1, -0.05) is 61.3 Å². The van der Waals surface area contributed by atoms with Crippen LogP contribution in [0, 0.1) is 19.8 Å². The number of ether oxygens (including phenoxy) is 1. The number of aryl methyl sites for hydroxylation is 1. The number of piperidine rings is 1. The molecule has 0 bridgehead atoms. The molecule has 2 aromatic carbocycles. The Morgan fingerprint density at radius 2 is 1.90 bits per heavy atom. The number of rotatable bonds is 13. The van der Waals surface area contributed by atoms with E-state index in [1.807, 2.05) is 25.1 Å². The molecule has 1 aliphatic carbocycles. The van der Waals surface area contributed by atoms with Crippen LogP contribution >= 0.6 is 0 Å². The summed E-state index contributed by atoms with van der Waals surface area (Å²) in [5.41, 5.74) is 3.81. The first kappa shape index (κ1) is 34.2. The number of likely N-dealkylation sites (tertiary alicyclic amines) is 1. The third kappa shape index (κ3) is 7.17. The second-order valence-electron chi connectivity index (χ2n) is 13.6. The average Bonchev–Trinajstić information content (AvgIpc) is 3.54. The van der Waals surface area contributed by atoms with Crippen LogP contribution in [0.5, 0.6) is 0 Å². The number of benzene rings is 2. The lowest BCUT2D eigenvalue weighted by Crippen LogP contribution is -2.53. The summed E-state index contributed by atoms with van der Waals surface area (Å²) in [5.74, 6) is 2.40. The number of amidine groups is 1. The van der Waals surface area contributed by atoms with Crippen molar-refractivity contribution in [3.63, 3.8) is 0 Å². The van der Waals surface area contributed by atoms with Crippen LogP contribution in [0.15, 0.2) is 56.9 Å². The Hall–Kier alpha value is -3.70. The van der Waals surface area contributed by atoms with Gasteiger partial charge in [0.2, 0.25) is 5.91 Å². The van der Waals surface area contributed by atoms with Gasteiger partial charge in [0.1, 0.15) is 11.6 Å². The van der Waals surface area contributed by atoms with Gasteiger partial charge in [0.05, 0.1) is 17.0 Å². The van der Waals surface area contributed by atoms with Gasteiger partial charge in [0.25, 0.3) is 10.0 Å². The van der Waals surface area contributed by atoms with E-state index >= 15 is 0 Å². The smallest absolute Gasteiger partial charge is 0.263 e. The van der Waals surface area contributed by atoms with Gasteiger partial charge in [-0.3, -0.25) is 14.5 Å². The van der Waals surface area contributed by atoms with E-state index in [1.54, 1.807) is 26.0 Å². The number of amides is 1. The number of unbranched alkanes of at least 4 members (excludes halogenated alkanes) is 1. The van der Waals surface area contributed by atoms with Gasteiger partial charge >= 0.3 is 0 Å². The minimum Gasteiger partial charge on any atom is -0.377 e. The van der Waals surface area contributed by atoms with Crippen LogP contribution in [-0.2, 0) is 32.7 Å². The zero-order valence-corrected chi connectivity index (χ0v) is 29.6. The van der Waals surface area contributed by atoms with E-state index in [-0.39, 0.29) is 22.2 Å². The fourth-order valence-corrected chi connectivity index (χ4v) is 8.42. The van der Waals surface area contributed by atoms with Gasteiger partial charge in [-0.15, -0.1) is 0 Å². The fraction of sp³-hybridized carbons (Fsp3) is 0.541. The van der Waals surface area contributed by atoms with Crippen molar-refractivity contribution in [2.75, 3.05) is 31.0 Å². The molecule has 1 spiro atoms. The molecule has 6 rings (SSSR count). The quantitative estimate of drug-likeness (QED) is 0.210. The van der Waals surface area contributed by atoms with Crippen LogP contribution in [0.1, 0.15) is 87.7 Å². The Morgan fingerprint density at radius 3 is 2.60 bits per heavy atom. The minimum absolute atomic E-state index is 0.157. The topological polar surface area (TPSA) is 117 Å². The fourth-order valence-electron chi connectivity index (χ4n) is 7.14. The van der Waals surface area contributed by atoms with Crippen molar-refractivity contribution in [3.8, 4) is 11.1 Å². The van der Waals surface area contributed by atoms with Crippen molar-refractivity contribution in [1.82, 2.24) is 15.0 Å². The lowest BCUT2D eigenvalue weighted by atomic mass is 9.82. The SMILES string of the molecule is CCCCC1=N[C@]2(CCCN(C(=O)C3CCC3)C2)CN1Cc1ccc(-c2ccccc2S(=O)(=O)Nc2noc(C)c2C)c(COCC)c1. The first-order chi connectivity index (χ1) is 23.1. The van der Waals surface area contributed by atoms with Gasteiger partial charge in [-0.2, -0.15) is 0 Å². The molecule has 1 amide bonds. The number of hydrogen-bond acceptors (Lipinski definition) is 8. The molecule has 48 heavy (non-hydrogen) atoms. The second kappa shape index (κ2) is 14.4. The number of hydrogen-bond donors (Lipinski definition) is 1. The van der Waals surface area contributed by atoms with Gasteiger partial charge in [-0.25, -0.2) is 8.42 Å². The molecule has 1 saturated carbocycles. The van der Waals surface area contributed by atoms with E-state index in [2.05, 4.69) is 38.7 Å². The van der Waals surface area contributed by atoms with E-state index < -0.39 is 10.0 Å². The van der Waals surface area contributed by atoms with Crippen molar-refractivity contribution < 1.29 is 22.5 Å². The van der Waals surface area contributed by atoms with Crippen molar-refractivity contribution in [2.24, 2.45) is 10.9 Å². The first-order valence-electron chi connectivity index (χ1n) is 17.5. The van der Waals surface area contributed by atoms with E-state index in [4.69, 9.17) is 14.3 Å². The number of carbonyl (C=O) groups is 1. The number of nitrogens with zero attached hydrogens (tertiary/aromatic N) is 4. The number of aliphatic imine (C=N–C) groups is 1. The summed E-state index contributed by atoms with van der Waals surface area (Å²) >= 11 is 0. The largest absolute Gasteiger partial charge is 0.377 e. The maximum atomic E-state index is 13.7. The molecule has 2 aliphatic heterocycles. The molecule has 0 unspecified atom stereocenters. The zero-order valence-electron chi connectivity index (χ0n) is 28.8. The molecule has 1 N–H and O–H groups in total. The van der Waals surface area contributed by atoms with Gasteiger partial charge < -0.3 is 19.1 Å². The summed E-state index contributed by atoms with van der Waals surface area (Å²) in [6.45, 7) is 11.6. The third-order valence-corrected chi connectivity index (χ3v) is 11.5. The van der Waals surface area contributed by atoms with Gasteiger partial charge in [0, 0.05) is 56.3 Å². The van der Waals surface area contributed by atoms with Crippen LogP contribution in [0.3, 0.4) is 0 Å². The highest BCUT2D eigenvalue weighted by Crippen LogP contribution is 2.37. The number of sulfonamides is 1. The van der Waals surface area contributed by atoms with Crippen LogP contribution in [0.2, 0.25) is 0 Å². The molecule has 11 heteroatoms. The standard InChI is InChI=1S/C37H49N5O5S/c1-5-7-16-34-38-37(19-11-20-41(24-37)36(43)29-12-10-13-29)25-42(34)22-28-17-18-31(30(21-28)23-46-6-2)32-14-8-9-15-33(32)48(44,45)40-35-26(3)27(4)47-39-35/h8-9,14-15,17-18,21,29H,5-7,10-13,16,19-20,22-25H2,1-4H3,(H,39,40)/t37-/m0/s1. The van der Waals surface area contributed by atoms with Crippen molar-refractivity contribution in [2.45, 2.75) is 103 Å². The molecule has 2 fully saturated rings. The molecule has 1 atom stereocenters. The first-order valence-corrected chi connectivity index (χ1v) is 19.0. The molecule has 1 saturated heterocycles. The summed E-state index contributed by atoms with van der Waals surface area (Å²) in [7, 11) is -3.98. The molecule has 10 nitrogen and oxygen atoms in total. The Balaban J connectivity index is 1.27. The Labute approximate surface area is 285 Å². The molecule has 3 aliphatic rings. The number of carbonyl (C=O) groups excluding carboxylic acids is 1. The third-order valence-electron chi connectivity index (χ3n) is 10.2. The Bertz CT molecular complexity index is 1760. The van der Waals surface area contributed by atoms with Crippen molar-refractivity contribution in [3.05, 3.63) is 64.9 Å². The Kier molecular flexibility index (Phi) is 10.3. The Morgan fingerprint density at radius 1 is 1.08 bits per heavy atom. The molecule has 0 radical (unpaired) electrons. The highest BCUT2D eigenvalue weighted by atomic mass is 32.2. The molecule has 258 valence electrons. The number of aromatic nitrogens is 1. The summed E-state index contributed by atoms with van der Waals surface area (Å²) in [6.07, 6.45) is 8.25. The van der Waals surface area contributed by atoms with Crippen LogP contribution < -0.4 is 4.72 Å². The zero-order chi connectivity index (χ0) is 33.9. The summed E-state index contributed by atoms with van der Waals surface area (Å²) in [5, 5.41) is 3.91. The molecule has 3 aromatic rings. The van der Waals surface area contributed by atoms with E-state index in [1.165, 1.54) is 0 Å². The molecular weight excluding hydrogens is 627 g/mol. The summed E-state index contributed by atoms with van der Waals surface area (Å²) in [4.78, 5) is 23.3. The predicted octanol–water partition coefficient (Wildman–Crippen LogP) is 6.86. The lowest BCUT2D eigenvalue weighted by molar-refractivity contribution is -0.140. The van der Waals surface area contributed by atoms with Gasteiger partial charge in [0.15, 0.2) is 5.82 Å². The molecule has 1 aromatic heterocycles. The molecular formula is C37H49N5O5S. The maximum Gasteiger partial charge on any atom is 0.263 e. The van der Waals surface area contributed by atoms with Crippen molar-refractivity contribution >= 4 is 27.6 Å². The van der Waals surface area contributed by atoms with Crippen LogP contribution in [0.4, 0.5) is 5.82 Å². The van der Waals surface area contributed by atoms with Crippen molar-refractivity contribution in [1.29, 1.82) is 0 Å². The summed E-state index contributed by atoms with van der Waals surface area (Å²) < 4.78 is 41.1. The lowest BCUT2D eigenvalue weighted by Gasteiger charge is -2.41. The van der Waals surface area contributed by atoms with E-state index in [9.17, 15) is 13.2 Å². The van der Waals surface area contributed by atoms with E-state index in [0.29, 0.717) is 49.1 Å². The highest BCUT2D eigenvalue weighted by molar-refractivity contribution is 7.92. The number of nitrogens with one attached hydrogen (secondary N) is 1. The second-order valence-corrected chi connectivity index (χ2v) is 15.3. The van der Waals surface area contributed by atoms with Crippen LogP contribution in [0.25, 0.3) is 11.1 Å². The van der Waals surface area contributed by atoms with E-state index in [0.717, 1.165) is 87.0 Å². The average molecular weight is 676 g/mol. The van der Waals surface area contributed by atoms with Gasteiger partial charge in [-0.05, 0) is 75.6 Å².